The highest BCUT2D eigenvalue weighted by atomic mass is 15.2. The van der Waals surface area contributed by atoms with Crippen LogP contribution in [0.3, 0.4) is 0 Å². The zero-order valence-electron chi connectivity index (χ0n) is 40.9. The van der Waals surface area contributed by atoms with Gasteiger partial charge in [-0.05, 0) is 138 Å². The Labute approximate surface area is 433 Å². The van der Waals surface area contributed by atoms with E-state index in [-0.39, 0.29) is 0 Å². The van der Waals surface area contributed by atoms with Crippen LogP contribution in [-0.4, -0.2) is 20.9 Å². The Morgan fingerprint density at radius 1 is 0.307 bits per heavy atom. The smallest absolute Gasteiger partial charge is 0.237 e. The van der Waals surface area contributed by atoms with Crippen molar-refractivity contribution in [1.82, 2.24) is 9.13 Å². The van der Waals surface area contributed by atoms with Gasteiger partial charge in [-0.3, -0.25) is 4.57 Å². The molecule has 0 aliphatic rings. The predicted molar refractivity (Wildman–Crippen MR) is 318 cm³/mol. The molecule has 0 fully saturated rings. The lowest BCUT2D eigenvalue weighted by atomic mass is 9.92. The third kappa shape index (κ3) is 7.48. The zero-order chi connectivity index (χ0) is 50.0. The van der Waals surface area contributed by atoms with Gasteiger partial charge in [-0.25, -0.2) is 4.99 Å². The second-order valence-corrected chi connectivity index (χ2v) is 19.2. The summed E-state index contributed by atoms with van der Waals surface area (Å²) in [6.45, 7) is 4.47. The Kier molecular flexibility index (Phi) is 10.4. The van der Waals surface area contributed by atoms with E-state index in [0.29, 0.717) is 17.5 Å². The number of benzene rings is 12. The molecule has 2 aromatic heterocycles. The number of rotatable bonds is 7. The van der Waals surface area contributed by atoms with Gasteiger partial charge in [0.1, 0.15) is 5.84 Å². The maximum atomic E-state index is 6.91. The van der Waals surface area contributed by atoms with Gasteiger partial charge in [0.05, 0.1) is 27.8 Å². The number of aromatic nitrogens is 2. The highest BCUT2D eigenvalue weighted by Gasteiger charge is 2.21. The van der Waals surface area contributed by atoms with Crippen LogP contribution in [0.2, 0.25) is 0 Å². The molecular weight excluding hydrogens is 911 g/mol. The van der Waals surface area contributed by atoms with Crippen molar-refractivity contribution in [2.75, 3.05) is 0 Å². The molecule has 5 nitrogen and oxygen atoms in total. The van der Waals surface area contributed by atoms with E-state index in [1.807, 2.05) is 60.7 Å². The summed E-state index contributed by atoms with van der Waals surface area (Å²) in [5.41, 5.74) is 21.3. The molecule has 0 atom stereocenters. The molecule has 2 heterocycles. The summed E-state index contributed by atoms with van der Waals surface area (Å²) >= 11 is 0. The zero-order valence-corrected chi connectivity index (χ0v) is 40.9. The first-order chi connectivity index (χ1) is 37.0. The van der Waals surface area contributed by atoms with Gasteiger partial charge in [0.2, 0.25) is 5.96 Å². The van der Waals surface area contributed by atoms with Crippen LogP contribution >= 0.6 is 0 Å². The number of hydrogen-bond donors (Lipinski definition) is 1. The summed E-state index contributed by atoms with van der Waals surface area (Å²) in [4.78, 5) is 10.4. The third-order valence-corrected chi connectivity index (χ3v) is 14.9. The van der Waals surface area contributed by atoms with Crippen molar-refractivity contribution in [2.45, 2.75) is 0 Å². The summed E-state index contributed by atoms with van der Waals surface area (Å²) < 4.78 is 4.52. The number of nitrogens with zero attached hydrogens (tertiary/aromatic N) is 4. The largest absolute Gasteiger partial charge is 0.383 e. The monoisotopic (exact) mass is 957 g/mol. The molecule has 0 amide bonds. The topological polar surface area (TPSA) is 60.6 Å². The van der Waals surface area contributed by atoms with E-state index < -0.39 is 0 Å². The van der Waals surface area contributed by atoms with Crippen LogP contribution in [0.1, 0.15) is 11.1 Å². The minimum atomic E-state index is 0.354. The van der Waals surface area contributed by atoms with Gasteiger partial charge in [-0.1, -0.05) is 201 Å². The summed E-state index contributed by atoms with van der Waals surface area (Å²) in [7, 11) is 0. The fourth-order valence-corrected chi connectivity index (χ4v) is 11.3. The van der Waals surface area contributed by atoms with Gasteiger partial charge >= 0.3 is 0 Å². The van der Waals surface area contributed by atoms with Crippen LogP contribution in [0.25, 0.3) is 121 Å². The Bertz CT molecular complexity index is 4610. The first-order valence-electron chi connectivity index (χ1n) is 25.4. The normalized spacial score (nSPS) is 12.3. The Balaban J connectivity index is 1.00. The second-order valence-electron chi connectivity index (χ2n) is 19.2. The van der Waals surface area contributed by atoms with E-state index in [9.17, 15) is 0 Å². The van der Waals surface area contributed by atoms with Crippen LogP contribution in [0.4, 0.5) is 0 Å². The molecule has 14 aromatic rings. The van der Waals surface area contributed by atoms with E-state index in [2.05, 4.69) is 216 Å². The van der Waals surface area contributed by atoms with Crippen molar-refractivity contribution >= 4 is 93.4 Å². The van der Waals surface area contributed by atoms with Crippen LogP contribution in [0.15, 0.2) is 277 Å². The van der Waals surface area contributed by atoms with Crippen molar-refractivity contribution in [3.05, 3.63) is 279 Å². The lowest BCUT2D eigenvalue weighted by molar-refractivity contribution is 1.18. The Hall–Kier alpha value is -10.1. The first-order valence-corrected chi connectivity index (χ1v) is 25.4. The highest BCUT2D eigenvalue weighted by molar-refractivity contribution is 6.26. The maximum absolute atomic E-state index is 6.91. The molecule has 0 bridgehead atoms. The molecule has 75 heavy (non-hydrogen) atoms. The summed E-state index contributed by atoms with van der Waals surface area (Å²) in [6.07, 6.45) is 0. The van der Waals surface area contributed by atoms with E-state index in [1.165, 1.54) is 54.2 Å². The van der Waals surface area contributed by atoms with Gasteiger partial charge in [0, 0.05) is 32.8 Å². The van der Waals surface area contributed by atoms with Gasteiger partial charge in [-0.2, -0.15) is 4.99 Å². The standard InChI is InChI=1S/C70H47N5/c1-45(46-18-6-2-7-19-46)72-70(73-69(71)48-22-10-4-11-23-48)75-67-38-33-51(50-30-35-59-57-28-15-14-26-55(57)56-27-16-17-29-58(56)60(59)40-50)43-63(67)64-44-53(34-39-68(64)75)52-32-37-66-62(42-52)61-41-49(47-20-8-3-9-21-47)31-36-65(61)74(66)54-24-12-5-13-25-54/h2-44H,1H2,(H2,71,72,73). The molecule has 2 N–H and O–H groups in total. The average molecular weight is 958 g/mol. The molecule has 5 heteroatoms. The van der Waals surface area contributed by atoms with Crippen LogP contribution < -0.4 is 5.73 Å². The summed E-state index contributed by atoms with van der Waals surface area (Å²) in [5, 5.41) is 12.0. The lowest BCUT2D eigenvalue weighted by Gasteiger charge is -2.12. The van der Waals surface area contributed by atoms with Crippen LogP contribution in [-0.2, 0) is 0 Å². The molecule has 12 aromatic carbocycles. The Morgan fingerprint density at radius 2 is 0.667 bits per heavy atom. The maximum Gasteiger partial charge on any atom is 0.237 e. The molecule has 0 radical (unpaired) electrons. The van der Waals surface area contributed by atoms with Crippen molar-refractivity contribution in [3.8, 4) is 39.1 Å². The van der Waals surface area contributed by atoms with E-state index in [4.69, 9.17) is 15.7 Å². The van der Waals surface area contributed by atoms with Crippen molar-refractivity contribution in [3.63, 3.8) is 0 Å². The summed E-state index contributed by atoms with van der Waals surface area (Å²) in [6, 6.07) is 92.9. The average Bonchev–Trinajstić information content (AvgIpc) is 4.04. The van der Waals surface area contributed by atoms with Crippen LogP contribution in [0.5, 0.6) is 0 Å². The van der Waals surface area contributed by atoms with Gasteiger partial charge in [0.15, 0.2) is 0 Å². The molecule has 14 rings (SSSR count). The van der Waals surface area contributed by atoms with Gasteiger partial charge in [-0.15, -0.1) is 0 Å². The number of hydrogen-bond acceptors (Lipinski definition) is 1. The molecular formula is C70H47N5. The minimum absolute atomic E-state index is 0.354. The minimum Gasteiger partial charge on any atom is -0.383 e. The number of para-hydroxylation sites is 1. The van der Waals surface area contributed by atoms with Gasteiger partial charge < -0.3 is 10.3 Å². The van der Waals surface area contributed by atoms with E-state index >= 15 is 0 Å². The molecule has 0 aliphatic carbocycles. The molecule has 0 saturated carbocycles. The fourth-order valence-electron chi connectivity index (χ4n) is 11.3. The second kappa shape index (κ2) is 17.9. The van der Waals surface area contributed by atoms with E-state index in [1.54, 1.807) is 0 Å². The third-order valence-electron chi connectivity index (χ3n) is 14.9. The lowest BCUT2D eigenvalue weighted by Crippen LogP contribution is -2.19. The first kappa shape index (κ1) is 43.7. The molecule has 0 spiro atoms. The van der Waals surface area contributed by atoms with Crippen LogP contribution in [0, 0.1) is 0 Å². The SMILES string of the molecule is C=C(/N=C(\N=C(/N)c1ccccc1)n1c2ccc(-c3ccc4c5ccccc5c5ccccc5c4c3)cc2c2cc(-c3ccc4c(c3)c3cc(-c5ccccc5)ccc3n4-c3ccccc3)ccc21)c1ccccc1. The summed E-state index contributed by atoms with van der Waals surface area (Å²) in [5.74, 6) is 0.770. The number of amidine groups is 1. The quantitative estimate of drug-likeness (QED) is 0.0966. The highest BCUT2D eigenvalue weighted by Crippen LogP contribution is 2.42. The molecule has 0 unspecified atom stereocenters. The van der Waals surface area contributed by atoms with Crippen molar-refractivity contribution < 1.29 is 0 Å². The fraction of sp³-hybridized carbons (Fsp3) is 0. The van der Waals surface area contributed by atoms with E-state index in [0.717, 1.165) is 71.9 Å². The van der Waals surface area contributed by atoms with Crippen molar-refractivity contribution in [2.24, 2.45) is 15.7 Å². The molecule has 0 saturated heterocycles. The number of nitrogens with two attached hydrogens (primary N) is 1. The van der Waals surface area contributed by atoms with Crippen molar-refractivity contribution in [1.29, 1.82) is 0 Å². The molecule has 352 valence electrons. The number of aliphatic imine (C=N–C) groups is 2. The van der Waals surface area contributed by atoms with Gasteiger partial charge in [0.25, 0.3) is 0 Å². The number of fused-ring (bicyclic) bond motifs is 12. The molecule has 0 aliphatic heterocycles. The Morgan fingerprint density at radius 3 is 1.17 bits per heavy atom. The predicted octanol–water partition coefficient (Wildman–Crippen LogP) is 17.6.